The Hall–Kier alpha value is -1.14. The zero-order valence-corrected chi connectivity index (χ0v) is 15.5. The predicted octanol–water partition coefficient (Wildman–Crippen LogP) is 2.16. The summed E-state index contributed by atoms with van der Waals surface area (Å²) in [6.07, 6.45) is 6.70. The van der Waals surface area contributed by atoms with Crippen LogP contribution in [0.1, 0.15) is 65.7 Å². The summed E-state index contributed by atoms with van der Waals surface area (Å²) in [5.41, 5.74) is -0.809. The molecule has 1 rings (SSSR count). The summed E-state index contributed by atoms with van der Waals surface area (Å²) in [6, 6.07) is 0.173. The van der Waals surface area contributed by atoms with Crippen molar-refractivity contribution in [1.82, 2.24) is 10.6 Å². The fraction of sp³-hybridized carbons (Fsp3) is 0.889. The second-order valence-electron chi connectivity index (χ2n) is 6.67. The molecular weight excluding hydrogens is 308 g/mol. The molecular formula is C18H34N2O4. The quantitative estimate of drug-likeness (QED) is 0.444. The first-order valence-electron chi connectivity index (χ1n) is 9.31. The molecule has 1 fully saturated rings. The lowest BCUT2D eigenvalue weighted by atomic mass is 9.94. The van der Waals surface area contributed by atoms with Crippen molar-refractivity contribution in [2.24, 2.45) is 0 Å². The number of nitrogens with one attached hydrogen (secondary N) is 2. The number of esters is 1. The molecule has 0 aromatic heterocycles. The van der Waals surface area contributed by atoms with Gasteiger partial charge in [0.25, 0.3) is 0 Å². The normalized spacial score (nSPS) is 18.0. The minimum atomic E-state index is -0.809. The van der Waals surface area contributed by atoms with Crippen molar-refractivity contribution in [2.75, 3.05) is 26.4 Å². The Bertz CT molecular complexity index is 383. The van der Waals surface area contributed by atoms with Crippen molar-refractivity contribution >= 4 is 11.9 Å². The molecule has 6 nitrogen and oxygen atoms in total. The summed E-state index contributed by atoms with van der Waals surface area (Å²) in [5.74, 6) is -0.355. The lowest BCUT2D eigenvalue weighted by Gasteiger charge is -2.29. The van der Waals surface area contributed by atoms with E-state index >= 15 is 0 Å². The van der Waals surface area contributed by atoms with Gasteiger partial charge in [-0.05, 0) is 33.1 Å². The van der Waals surface area contributed by atoms with Gasteiger partial charge in [-0.2, -0.15) is 0 Å². The number of carbonyl (C=O) groups is 2. The van der Waals surface area contributed by atoms with E-state index < -0.39 is 5.54 Å². The fourth-order valence-corrected chi connectivity index (χ4v) is 2.85. The van der Waals surface area contributed by atoms with E-state index in [0.29, 0.717) is 26.2 Å². The Balaban J connectivity index is 2.46. The number of hydrogen-bond acceptors (Lipinski definition) is 5. The Kier molecular flexibility index (Phi) is 9.95. The number of amides is 1. The van der Waals surface area contributed by atoms with Crippen molar-refractivity contribution in [2.45, 2.75) is 77.3 Å². The van der Waals surface area contributed by atoms with Crippen molar-refractivity contribution in [3.8, 4) is 0 Å². The highest BCUT2D eigenvalue weighted by Crippen LogP contribution is 2.17. The van der Waals surface area contributed by atoms with Gasteiger partial charge in [0.05, 0.1) is 13.2 Å². The maximum absolute atomic E-state index is 12.3. The van der Waals surface area contributed by atoms with Gasteiger partial charge in [-0.3, -0.25) is 14.9 Å². The molecule has 0 aromatic carbocycles. The smallest absolute Gasteiger partial charge is 0.326 e. The number of rotatable bonds is 11. The summed E-state index contributed by atoms with van der Waals surface area (Å²) in [4.78, 5) is 24.4. The fourth-order valence-electron chi connectivity index (χ4n) is 2.85. The van der Waals surface area contributed by atoms with Gasteiger partial charge in [-0.1, -0.05) is 32.6 Å². The topological polar surface area (TPSA) is 76.7 Å². The molecule has 1 aliphatic rings. The lowest BCUT2D eigenvalue weighted by Crippen LogP contribution is -2.54. The molecule has 0 spiro atoms. The van der Waals surface area contributed by atoms with Crippen LogP contribution in [0.2, 0.25) is 0 Å². The third-order valence-corrected chi connectivity index (χ3v) is 4.48. The third-order valence-electron chi connectivity index (χ3n) is 4.48. The monoisotopic (exact) mass is 342 g/mol. The van der Waals surface area contributed by atoms with Gasteiger partial charge >= 0.3 is 5.97 Å². The molecule has 0 bridgehead atoms. The van der Waals surface area contributed by atoms with Crippen LogP contribution in [0.25, 0.3) is 0 Å². The number of carbonyl (C=O) groups excluding carboxylic acids is 2. The minimum Gasteiger partial charge on any atom is -0.465 e. The summed E-state index contributed by atoms with van der Waals surface area (Å²) in [5, 5.41) is 6.13. The molecule has 1 aliphatic heterocycles. The molecule has 1 atom stereocenters. The molecule has 0 aliphatic carbocycles. The first kappa shape index (κ1) is 20.9. The SMILES string of the molecule is CCCCCC[C@](C)(NCC(=O)NC1CCOCC1)C(=O)OCC. The molecule has 0 aromatic rings. The molecule has 6 heteroatoms. The summed E-state index contributed by atoms with van der Waals surface area (Å²) in [6.45, 7) is 7.64. The van der Waals surface area contributed by atoms with Gasteiger partial charge in [0.1, 0.15) is 5.54 Å². The van der Waals surface area contributed by atoms with Gasteiger partial charge in [-0.25, -0.2) is 0 Å². The minimum absolute atomic E-state index is 0.0778. The third kappa shape index (κ3) is 7.62. The number of ether oxygens (including phenoxy) is 2. The zero-order valence-electron chi connectivity index (χ0n) is 15.5. The molecule has 0 saturated carbocycles. The Labute approximate surface area is 146 Å². The molecule has 1 heterocycles. The van der Waals surface area contributed by atoms with Crippen molar-refractivity contribution in [3.05, 3.63) is 0 Å². The predicted molar refractivity (Wildman–Crippen MR) is 93.8 cm³/mol. The second kappa shape index (κ2) is 11.4. The lowest BCUT2D eigenvalue weighted by molar-refractivity contribution is -0.151. The van der Waals surface area contributed by atoms with E-state index in [2.05, 4.69) is 17.6 Å². The van der Waals surface area contributed by atoms with Gasteiger partial charge in [0, 0.05) is 19.3 Å². The highest BCUT2D eigenvalue weighted by Gasteiger charge is 2.34. The first-order chi connectivity index (χ1) is 11.5. The van der Waals surface area contributed by atoms with E-state index in [4.69, 9.17) is 9.47 Å². The molecule has 2 N–H and O–H groups in total. The van der Waals surface area contributed by atoms with Crippen LogP contribution in [0, 0.1) is 0 Å². The van der Waals surface area contributed by atoms with Gasteiger partial charge in [-0.15, -0.1) is 0 Å². The molecule has 0 radical (unpaired) electrons. The van der Waals surface area contributed by atoms with E-state index in [9.17, 15) is 9.59 Å². The van der Waals surface area contributed by atoms with Crippen LogP contribution in [-0.2, 0) is 19.1 Å². The number of hydrogen-bond donors (Lipinski definition) is 2. The highest BCUT2D eigenvalue weighted by molar-refractivity contribution is 5.83. The Morgan fingerprint density at radius 1 is 1.17 bits per heavy atom. The molecule has 1 saturated heterocycles. The highest BCUT2D eigenvalue weighted by atomic mass is 16.5. The Morgan fingerprint density at radius 3 is 2.50 bits per heavy atom. The molecule has 140 valence electrons. The van der Waals surface area contributed by atoms with Crippen LogP contribution in [-0.4, -0.2) is 49.8 Å². The van der Waals surface area contributed by atoms with Crippen LogP contribution < -0.4 is 10.6 Å². The Morgan fingerprint density at radius 2 is 1.88 bits per heavy atom. The van der Waals surface area contributed by atoms with E-state index in [1.54, 1.807) is 6.92 Å². The largest absolute Gasteiger partial charge is 0.465 e. The van der Waals surface area contributed by atoms with Crippen LogP contribution in [0.4, 0.5) is 0 Å². The van der Waals surface area contributed by atoms with Crippen molar-refractivity contribution in [3.63, 3.8) is 0 Å². The molecule has 24 heavy (non-hydrogen) atoms. The number of unbranched alkanes of at least 4 members (excludes halogenated alkanes) is 3. The van der Waals surface area contributed by atoms with E-state index in [0.717, 1.165) is 38.5 Å². The van der Waals surface area contributed by atoms with Crippen molar-refractivity contribution in [1.29, 1.82) is 0 Å². The standard InChI is InChI=1S/C18H34N2O4/c1-4-6-7-8-11-18(3,17(22)24-5-2)19-14-16(21)20-15-9-12-23-13-10-15/h15,19H,4-14H2,1-3H3,(H,20,21)/t18-/m0/s1. The van der Waals surface area contributed by atoms with E-state index in [-0.39, 0.29) is 24.5 Å². The molecule has 0 unspecified atom stereocenters. The average Bonchev–Trinajstić information content (AvgIpc) is 2.58. The van der Waals surface area contributed by atoms with Crippen LogP contribution in [0.5, 0.6) is 0 Å². The maximum atomic E-state index is 12.3. The van der Waals surface area contributed by atoms with E-state index in [1.807, 2.05) is 6.92 Å². The zero-order chi connectivity index (χ0) is 17.8. The van der Waals surface area contributed by atoms with Crippen molar-refractivity contribution < 1.29 is 19.1 Å². The van der Waals surface area contributed by atoms with E-state index in [1.165, 1.54) is 0 Å². The van der Waals surface area contributed by atoms with Gasteiger partial charge < -0.3 is 14.8 Å². The summed E-state index contributed by atoms with van der Waals surface area (Å²) < 4.78 is 10.5. The van der Waals surface area contributed by atoms with Crippen LogP contribution in [0.15, 0.2) is 0 Å². The maximum Gasteiger partial charge on any atom is 0.326 e. The summed E-state index contributed by atoms with van der Waals surface area (Å²) in [7, 11) is 0. The average molecular weight is 342 g/mol. The second-order valence-corrected chi connectivity index (χ2v) is 6.67. The summed E-state index contributed by atoms with van der Waals surface area (Å²) >= 11 is 0. The van der Waals surface area contributed by atoms with Gasteiger partial charge in [0.2, 0.25) is 5.91 Å². The first-order valence-corrected chi connectivity index (χ1v) is 9.31. The van der Waals surface area contributed by atoms with Crippen LogP contribution >= 0.6 is 0 Å². The molecule has 1 amide bonds. The van der Waals surface area contributed by atoms with Crippen LogP contribution in [0.3, 0.4) is 0 Å². The van der Waals surface area contributed by atoms with Gasteiger partial charge in [0.15, 0.2) is 0 Å².